The summed E-state index contributed by atoms with van der Waals surface area (Å²) >= 11 is 0. The molecule has 1 aliphatic carbocycles. The third-order valence-corrected chi connectivity index (χ3v) is 4.64. The number of ether oxygens (including phenoxy) is 1. The van der Waals surface area contributed by atoms with E-state index in [1.54, 1.807) is 0 Å². The van der Waals surface area contributed by atoms with E-state index in [9.17, 15) is 0 Å². The molecule has 1 spiro atoms. The molecule has 2 heterocycles. The van der Waals surface area contributed by atoms with Crippen molar-refractivity contribution in [2.75, 3.05) is 13.2 Å². The Kier molecular flexibility index (Phi) is 3.16. The summed E-state index contributed by atoms with van der Waals surface area (Å²) in [4.78, 5) is 0. The van der Waals surface area contributed by atoms with Gasteiger partial charge in [-0.2, -0.15) is 5.10 Å². The molecule has 3 rings (SSSR count). The smallest absolute Gasteiger partial charge is 0.0892 e. The largest absolute Gasteiger partial charge is 0.372 e. The minimum atomic E-state index is -0.00144. The van der Waals surface area contributed by atoms with E-state index in [1.807, 2.05) is 17.9 Å². The van der Waals surface area contributed by atoms with E-state index in [1.165, 1.54) is 18.5 Å². The van der Waals surface area contributed by atoms with Crippen LogP contribution in [0.25, 0.3) is 0 Å². The number of morpholine rings is 1. The molecule has 18 heavy (non-hydrogen) atoms. The van der Waals surface area contributed by atoms with Crippen LogP contribution in [0.1, 0.15) is 44.3 Å². The van der Waals surface area contributed by atoms with Crippen molar-refractivity contribution in [2.24, 2.45) is 13.0 Å². The Morgan fingerprint density at radius 3 is 2.89 bits per heavy atom. The van der Waals surface area contributed by atoms with Crippen molar-refractivity contribution < 1.29 is 4.74 Å². The van der Waals surface area contributed by atoms with Gasteiger partial charge in [-0.1, -0.05) is 6.92 Å². The Hall–Kier alpha value is -0.870. The predicted octanol–water partition coefficient (Wildman–Crippen LogP) is 2.03. The first-order valence-corrected chi connectivity index (χ1v) is 7.06. The first-order valence-electron chi connectivity index (χ1n) is 7.06. The molecule has 0 aromatic carbocycles. The molecule has 1 atom stereocenters. The first-order chi connectivity index (χ1) is 8.71. The van der Waals surface area contributed by atoms with Gasteiger partial charge >= 0.3 is 0 Å². The summed E-state index contributed by atoms with van der Waals surface area (Å²) < 4.78 is 8.22. The van der Waals surface area contributed by atoms with E-state index in [-0.39, 0.29) is 5.60 Å². The summed E-state index contributed by atoms with van der Waals surface area (Å²) in [6.07, 6.45) is 6.75. The average Bonchev–Trinajstić information content (AvgIpc) is 2.80. The fraction of sp³-hybridized carbons (Fsp3) is 0.786. The van der Waals surface area contributed by atoms with Crippen molar-refractivity contribution >= 4 is 0 Å². The highest BCUT2D eigenvalue weighted by molar-refractivity contribution is 5.15. The Morgan fingerprint density at radius 2 is 2.22 bits per heavy atom. The van der Waals surface area contributed by atoms with Gasteiger partial charge in [0.2, 0.25) is 0 Å². The molecule has 0 radical (unpaired) electrons. The molecule has 1 aliphatic heterocycles. The van der Waals surface area contributed by atoms with Gasteiger partial charge in [0.05, 0.1) is 23.9 Å². The van der Waals surface area contributed by atoms with Gasteiger partial charge in [0, 0.05) is 19.8 Å². The highest BCUT2D eigenvalue weighted by Crippen LogP contribution is 2.44. The van der Waals surface area contributed by atoms with Crippen LogP contribution in [0.2, 0.25) is 0 Å². The zero-order valence-corrected chi connectivity index (χ0v) is 11.4. The molecular weight excluding hydrogens is 226 g/mol. The molecule has 2 aliphatic rings. The minimum absolute atomic E-state index is 0.00144. The Labute approximate surface area is 109 Å². The van der Waals surface area contributed by atoms with Crippen molar-refractivity contribution in [2.45, 2.75) is 44.2 Å². The standard InChI is InChI=1S/C14H23N3O/c1-11-3-6-14(7-4-11)13(15-9-10-18-14)12-5-8-16-17(12)2/h5,8,11,13,15H,3-4,6-7,9-10H2,1-2H3. The second-order valence-corrected chi connectivity index (χ2v) is 5.86. The summed E-state index contributed by atoms with van der Waals surface area (Å²) in [6, 6.07) is 2.41. The summed E-state index contributed by atoms with van der Waals surface area (Å²) in [6.45, 7) is 4.12. The van der Waals surface area contributed by atoms with E-state index in [0.717, 1.165) is 31.9 Å². The lowest BCUT2D eigenvalue weighted by Crippen LogP contribution is -2.54. The summed E-state index contributed by atoms with van der Waals surface area (Å²) in [5.41, 5.74) is 1.25. The normalized spacial score (nSPS) is 37.0. The van der Waals surface area contributed by atoms with E-state index >= 15 is 0 Å². The fourth-order valence-corrected chi connectivity index (χ4v) is 3.45. The molecular formula is C14H23N3O. The lowest BCUT2D eigenvalue weighted by atomic mass is 9.74. The second kappa shape index (κ2) is 4.67. The van der Waals surface area contributed by atoms with Crippen LogP contribution in [-0.4, -0.2) is 28.5 Å². The Bertz CT molecular complexity index is 407. The molecule has 1 aromatic heterocycles. The van der Waals surface area contributed by atoms with Crippen molar-refractivity contribution in [1.29, 1.82) is 0 Å². The van der Waals surface area contributed by atoms with Gasteiger partial charge in [-0.25, -0.2) is 0 Å². The van der Waals surface area contributed by atoms with E-state index in [0.29, 0.717) is 6.04 Å². The average molecular weight is 249 g/mol. The minimum Gasteiger partial charge on any atom is -0.372 e. The number of nitrogens with zero attached hydrogens (tertiary/aromatic N) is 2. The number of aromatic nitrogens is 2. The molecule has 0 amide bonds. The number of hydrogen-bond donors (Lipinski definition) is 1. The maximum atomic E-state index is 6.24. The highest BCUT2D eigenvalue weighted by atomic mass is 16.5. The van der Waals surface area contributed by atoms with Gasteiger partial charge in [0.1, 0.15) is 0 Å². The first kappa shape index (κ1) is 12.2. The summed E-state index contributed by atoms with van der Waals surface area (Å²) in [7, 11) is 2.02. The van der Waals surface area contributed by atoms with Crippen LogP contribution < -0.4 is 5.32 Å². The lowest BCUT2D eigenvalue weighted by molar-refractivity contribution is -0.126. The SMILES string of the molecule is CC1CCC2(CC1)OCCNC2c1ccnn1C. The topological polar surface area (TPSA) is 39.1 Å². The van der Waals surface area contributed by atoms with Crippen LogP contribution in [0.3, 0.4) is 0 Å². The second-order valence-electron chi connectivity index (χ2n) is 5.86. The molecule has 1 saturated carbocycles. The molecule has 0 bridgehead atoms. The van der Waals surface area contributed by atoms with Gasteiger partial charge in [0.25, 0.3) is 0 Å². The van der Waals surface area contributed by atoms with Crippen LogP contribution in [0, 0.1) is 5.92 Å². The number of rotatable bonds is 1. The van der Waals surface area contributed by atoms with Crippen molar-refractivity contribution in [3.8, 4) is 0 Å². The van der Waals surface area contributed by atoms with Crippen LogP contribution >= 0.6 is 0 Å². The van der Waals surface area contributed by atoms with Gasteiger partial charge in [-0.15, -0.1) is 0 Å². The van der Waals surface area contributed by atoms with Gasteiger partial charge in [0.15, 0.2) is 0 Å². The zero-order chi connectivity index (χ0) is 12.6. The third-order valence-electron chi connectivity index (χ3n) is 4.64. The van der Waals surface area contributed by atoms with Crippen LogP contribution in [0.5, 0.6) is 0 Å². The monoisotopic (exact) mass is 249 g/mol. The van der Waals surface area contributed by atoms with E-state index in [4.69, 9.17) is 4.74 Å². The summed E-state index contributed by atoms with van der Waals surface area (Å²) in [5, 5.41) is 7.96. The number of nitrogens with one attached hydrogen (secondary N) is 1. The molecule has 1 N–H and O–H groups in total. The van der Waals surface area contributed by atoms with E-state index in [2.05, 4.69) is 23.4 Å². The summed E-state index contributed by atoms with van der Waals surface area (Å²) in [5.74, 6) is 0.841. The number of hydrogen-bond acceptors (Lipinski definition) is 3. The molecule has 100 valence electrons. The van der Waals surface area contributed by atoms with Gasteiger partial charge < -0.3 is 10.1 Å². The molecule has 1 aromatic rings. The van der Waals surface area contributed by atoms with E-state index < -0.39 is 0 Å². The number of aryl methyl sites for hydroxylation is 1. The van der Waals surface area contributed by atoms with Crippen molar-refractivity contribution in [1.82, 2.24) is 15.1 Å². The van der Waals surface area contributed by atoms with Crippen molar-refractivity contribution in [3.63, 3.8) is 0 Å². The molecule has 1 unspecified atom stereocenters. The molecule has 4 heteroatoms. The van der Waals surface area contributed by atoms with Gasteiger partial charge in [-0.3, -0.25) is 4.68 Å². The van der Waals surface area contributed by atoms with Gasteiger partial charge in [-0.05, 0) is 37.7 Å². The lowest BCUT2D eigenvalue weighted by Gasteiger charge is -2.48. The predicted molar refractivity (Wildman–Crippen MR) is 70.3 cm³/mol. The quantitative estimate of drug-likeness (QED) is 0.827. The maximum absolute atomic E-state index is 6.24. The third kappa shape index (κ3) is 1.97. The molecule has 1 saturated heterocycles. The Balaban J connectivity index is 1.88. The Morgan fingerprint density at radius 1 is 1.44 bits per heavy atom. The molecule has 2 fully saturated rings. The molecule has 4 nitrogen and oxygen atoms in total. The van der Waals surface area contributed by atoms with Crippen molar-refractivity contribution in [3.05, 3.63) is 18.0 Å². The highest BCUT2D eigenvalue weighted by Gasteiger charge is 2.45. The van der Waals surface area contributed by atoms with Crippen LogP contribution in [-0.2, 0) is 11.8 Å². The maximum Gasteiger partial charge on any atom is 0.0892 e. The fourth-order valence-electron chi connectivity index (χ4n) is 3.45. The van der Waals surface area contributed by atoms with Crippen LogP contribution in [0.4, 0.5) is 0 Å². The van der Waals surface area contributed by atoms with Crippen LogP contribution in [0.15, 0.2) is 12.3 Å². The zero-order valence-electron chi connectivity index (χ0n) is 11.4.